The van der Waals surface area contributed by atoms with Gasteiger partial charge in [0.1, 0.15) is 0 Å². The molecule has 0 bridgehead atoms. The number of hydrogen-bond acceptors (Lipinski definition) is 5. The van der Waals surface area contributed by atoms with Crippen molar-refractivity contribution in [2.45, 2.75) is 50.7 Å². The minimum absolute atomic E-state index is 0.226. The quantitative estimate of drug-likeness (QED) is 0.612. The summed E-state index contributed by atoms with van der Waals surface area (Å²) in [4.78, 5) is 0. The van der Waals surface area contributed by atoms with Gasteiger partial charge in [0.05, 0.1) is 5.33 Å². The van der Waals surface area contributed by atoms with E-state index in [2.05, 4.69) is 70.2 Å². The van der Waals surface area contributed by atoms with Gasteiger partial charge in [0.15, 0.2) is 20.0 Å². The molecule has 0 saturated heterocycles. The molecule has 0 aromatic carbocycles. The van der Waals surface area contributed by atoms with Crippen LogP contribution < -0.4 is 0 Å². The molecule has 1 rings (SSSR count). The van der Waals surface area contributed by atoms with Crippen LogP contribution in [-0.2, 0) is 16.2 Å². The second kappa shape index (κ2) is 6.16. The third kappa shape index (κ3) is 4.36. The Hall–Kier alpha value is -0.403. The van der Waals surface area contributed by atoms with E-state index in [-0.39, 0.29) is 5.04 Å². The molecule has 0 fully saturated rings. The number of alkyl halides is 1. The van der Waals surface area contributed by atoms with E-state index < -0.39 is 8.32 Å². The molecule has 0 aliphatic carbocycles. The highest BCUT2D eigenvalue weighted by Crippen LogP contribution is 2.36. The largest absolute Gasteiger partial charge is 0.416 e. The predicted molar refractivity (Wildman–Crippen MR) is 77.1 cm³/mol. The summed E-state index contributed by atoms with van der Waals surface area (Å²) in [6, 6.07) is 0. The minimum atomic E-state index is -1.68. The van der Waals surface area contributed by atoms with E-state index in [0.29, 0.717) is 30.0 Å². The second-order valence-corrected chi connectivity index (χ2v) is 11.1. The van der Waals surface area contributed by atoms with Crippen molar-refractivity contribution < 1.29 is 4.43 Å². The molecule has 0 spiro atoms. The molecule has 0 aliphatic rings. The van der Waals surface area contributed by atoms with Crippen molar-refractivity contribution in [3.8, 4) is 0 Å². The van der Waals surface area contributed by atoms with Gasteiger partial charge in [-0.15, -0.1) is 20.4 Å². The van der Waals surface area contributed by atoms with Gasteiger partial charge in [-0.1, -0.05) is 36.7 Å². The third-order valence-corrected chi connectivity index (χ3v) is 8.32. The molecular weight excluding hydrogens is 312 g/mol. The summed E-state index contributed by atoms with van der Waals surface area (Å²) in [5, 5.41) is 16.7. The van der Waals surface area contributed by atoms with Crippen LogP contribution in [0.25, 0.3) is 0 Å². The molecule has 5 nitrogen and oxygen atoms in total. The highest BCUT2D eigenvalue weighted by atomic mass is 79.9. The molecule has 0 N–H and O–H groups in total. The Labute approximate surface area is 118 Å². The molecule has 7 heteroatoms. The maximum absolute atomic E-state index is 6.05. The predicted octanol–water partition coefficient (Wildman–Crippen LogP) is 2.73. The van der Waals surface area contributed by atoms with Crippen LogP contribution in [0.4, 0.5) is 0 Å². The van der Waals surface area contributed by atoms with E-state index in [1.54, 1.807) is 0 Å². The lowest BCUT2D eigenvalue weighted by molar-refractivity contribution is 0.288. The summed E-state index contributed by atoms with van der Waals surface area (Å²) in [6.45, 7) is 11.8. The topological polar surface area (TPSA) is 60.8 Å². The monoisotopic (exact) mass is 332 g/mol. The third-order valence-electron chi connectivity index (χ3n) is 3.28. The van der Waals surface area contributed by atoms with Crippen LogP contribution in [0.3, 0.4) is 0 Å². The maximum Gasteiger partial charge on any atom is 0.191 e. The molecule has 0 unspecified atom stereocenters. The lowest BCUT2D eigenvalue weighted by Crippen LogP contribution is -2.41. The van der Waals surface area contributed by atoms with Crippen molar-refractivity contribution in [1.29, 1.82) is 0 Å². The number of aromatic nitrogens is 4. The lowest BCUT2D eigenvalue weighted by atomic mass is 10.2. The van der Waals surface area contributed by atoms with E-state index >= 15 is 0 Å². The highest BCUT2D eigenvalue weighted by molar-refractivity contribution is 9.08. The molecule has 102 valence electrons. The van der Waals surface area contributed by atoms with Crippen LogP contribution in [0.5, 0.6) is 0 Å². The van der Waals surface area contributed by atoms with Crippen molar-refractivity contribution in [3.63, 3.8) is 0 Å². The average molecular weight is 333 g/mol. The van der Waals surface area contributed by atoms with Crippen LogP contribution in [-0.4, -0.2) is 35.3 Å². The Bertz CT molecular complexity index is 378. The molecule has 0 radical (unpaired) electrons. The zero-order valence-electron chi connectivity index (χ0n) is 11.7. The molecule has 1 aromatic rings. The first-order valence-corrected chi connectivity index (χ1v) is 10.0. The van der Waals surface area contributed by atoms with Gasteiger partial charge < -0.3 is 4.43 Å². The maximum atomic E-state index is 6.05. The van der Waals surface area contributed by atoms with Gasteiger partial charge in [-0.05, 0) is 18.1 Å². The summed E-state index contributed by atoms with van der Waals surface area (Å²) in [5.41, 5.74) is 0. The van der Waals surface area contributed by atoms with Crippen LogP contribution in [0.2, 0.25) is 18.1 Å². The zero-order chi connectivity index (χ0) is 13.8. The Morgan fingerprint density at radius 3 is 2.00 bits per heavy atom. The van der Waals surface area contributed by atoms with E-state index in [0.717, 1.165) is 0 Å². The molecule has 0 atom stereocenters. The summed E-state index contributed by atoms with van der Waals surface area (Å²) in [7, 11) is -1.68. The van der Waals surface area contributed by atoms with Gasteiger partial charge in [-0.25, -0.2) is 0 Å². The number of nitrogens with zero attached hydrogens (tertiary/aromatic N) is 4. The molecule has 0 amide bonds. The van der Waals surface area contributed by atoms with Crippen LogP contribution in [0.15, 0.2) is 0 Å². The van der Waals surface area contributed by atoms with E-state index in [9.17, 15) is 0 Å². The molecule has 0 aliphatic heterocycles. The molecule has 1 heterocycles. The summed E-state index contributed by atoms with van der Waals surface area (Å²) < 4.78 is 6.05. The number of hydrogen-bond donors (Lipinski definition) is 0. The van der Waals surface area contributed by atoms with Gasteiger partial charge in [0.2, 0.25) is 0 Å². The van der Waals surface area contributed by atoms with Crippen LogP contribution >= 0.6 is 15.9 Å². The van der Waals surface area contributed by atoms with Crippen molar-refractivity contribution in [2.75, 3.05) is 6.61 Å². The van der Waals surface area contributed by atoms with Crippen molar-refractivity contribution in [1.82, 2.24) is 20.4 Å². The smallest absolute Gasteiger partial charge is 0.191 e. The number of rotatable bonds is 5. The van der Waals surface area contributed by atoms with Crippen molar-refractivity contribution >= 4 is 24.2 Å². The second-order valence-electron chi connectivity index (χ2n) is 5.72. The van der Waals surface area contributed by atoms with Gasteiger partial charge >= 0.3 is 0 Å². The Morgan fingerprint density at radius 2 is 1.56 bits per heavy atom. The standard InChI is InChI=1S/C11H21BrN4OSi/c1-11(2,3)18(4,5)17-7-6-9-13-15-10(8-12)16-14-9/h6-8H2,1-5H3. The fourth-order valence-corrected chi connectivity index (χ4v) is 2.31. The highest BCUT2D eigenvalue weighted by Gasteiger charge is 2.36. The summed E-state index contributed by atoms with van der Waals surface area (Å²) >= 11 is 3.26. The van der Waals surface area contributed by atoms with Crippen LogP contribution in [0, 0.1) is 0 Å². The van der Waals surface area contributed by atoms with Gasteiger partial charge in [-0.3, -0.25) is 0 Å². The van der Waals surface area contributed by atoms with Crippen LogP contribution in [0.1, 0.15) is 32.4 Å². The molecular formula is C11H21BrN4OSi. The summed E-state index contributed by atoms with van der Waals surface area (Å²) in [5.74, 6) is 1.24. The minimum Gasteiger partial charge on any atom is -0.416 e. The van der Waals surface area contributed by atoms with Gasteiger partial charge in [0.25, 0.3) is 0 Å². The molecule has 18 heavy (non-hydrogen) atoms. The summed E-state index contributed by atoms with van der Waals surface area (Å²) in [6.07, 6.45) is 0.662. The van der Waals surface area contributed by atoms with E-state index in [1.165, 1.54) is 0 Å². The first-order chi connectivity index (χ1) is 8.26. The zero-order valence-corrected chi connectivity index (χ0v) is 14.3. The molecule has 0 saturated carbocycles. The first kappa shape index (κ1) is 15.7. The van der Waals surface area contributed by atoms with Gasteiger partial charge in [0, 0.05) is 13.0 Å². The van der Waals surface area contributed by atoms with E-state index in [4.69, 9.17) is 4.43 Å². The molecule has 1 aromatic heterocycles. The average Bonchev–Trinajstić information content (AvgIpc) is 2.28. The number of halogens is 1. The fraction of sp³-hybridized carbons (Fsp3) is 0.818. The Morgan fingerprint density at radius 1 is 1.06 bits per heavy atom. The normalized spacial score (nSPS) is 12.8. The SMILES string of the molecule is CC(C)(C)[Si](C)(C)OCCc1nnc(CBr)nn1. The Kier molecular flexibility index (Phi) is 5.36. The first-order valence-electron chi connectivity index (χ1n) is 6.01. The van der Waals surface area contributed by atoms with Crippen molar-refractivity contribution in [3.05, 3.63) is 11.6 Å². The van der Waals surface area contributed by atoms with Gasteiger partial charge in [-0.2, -0.15) is 0 Å². The lowest BCUT2D eigenvalue weighted by Gasteiger charge is -2.36. The Balaban J connectivity index is 2.46. The van der Waals surface area contributed by atoms with Crippen molar-refractivity contribution in [2.24, 2.45) is 0 Å². The van der Waals surface area contributed by atoms with E-state index in [1.807, 2.05) is 0 Å². The fourth-order valence-electron chi connectivity index (χ4n) is 1.04.